The van der Waals surface area contributed by atoms with E-state index in [1.807, 2.05) is 37.4 Å². The highest BCUT2D eigenvalue weighted by Crippen LogP contribution is 2.17. The van der Waals surface area contributed by atoms with Crippen molar-refractivity contribution >= 4 is 18.0 Å². The number of benzene rings is 1. The Morgan fingerprint density at radius 3 is 2.90 bits per heavy atom. The van der Waals surface area contributed by atoms with E-state index >= 15 is 0 Å². The lowest BCUT2D eigenvalue weighted by Crippen LogP contribution is -2.00. The van der Waals surface area contributed by atoms with Gasteiger partial charge >= 0.3 is 0 Å². The van der Waals surface area contributed by atoms with Crippen molar-refractivity contribution in [3.63, 3.8) is 0 Å². The van der Waals surface area contributed by atoms with Crippen LogP contribution in [0.2, 0.25) is 0 Å². The summed E-state index contributed by atoms with van der Waals surface area (Å²) in [6, 6.07) is 7.85. The summed E-state index contributed by atoms with van der Waals surface area (Å²) in [6.07, 6.45) is 4.71. The molecule has 1 aromatic heterocycles. The molecular formula is C14H18N4OS. The highest BCUT2D eigenvalue weighted by molar-refractivity contribution is 7.98. The van der Waals surface area contributed by atoms with Crippen LogP contribution in [0.1, 0.15) is 24.7 Å². The summed E-state index contributed by atoms with van der Waals surface area (Å²) in [6.45, 7) is 4.66. The van der Waals surface area contributed by atoms with E-state index in [9.17, 15) is 0 Å². The van der Waals surface area contributed by atoms with Gasteiger partial charge in [0.15, 0.2) is 5.82 Å². The monoisotopic (exact) mass is 290 g/mol. The Labute approximate surface area is 123 Å². The van der Waals surface area contributed by atoms with Crippen LogP contribution in [0.3, 0.4) is 0 Å². The molecule has 5 nitrogen and oxygen atoms in total. The van der Waals surface area contributed by atoms with Gasteiger partial charge in [0, 0.05) is 5.56 Å². The molecule has 0 bridgehead atoms. The Morgan fingerprint density at radius 1 is 1.35 bits per heavy atom. The highest BCUT2D eigenvalue weighted by atomic mass is 32.2. The predicted molar refractivity (Wildman–Crippen MR) is 81.8 cm³/mol. The van der Waals surface area contributed by atoms with Crippen molar-refractivity contribution in [3.8, 4) is 5.75 Å². The second kappa shape index (κ2) is 7.09. The second-order valence-corrected chi connectivity index (χ2v) is 4.95. The van der Waals surface area contributed by atoms with Crippen molar-refractivity contribution in [1.82, 2.24) is 14.9 Å². The molecule has 0 aliphatic heterocycles. The maximum Gasteiger partial charge on any atom is 0.211 e. The molecule has 0 spiro atoms. The largest absolute Gasteiger partial charge is 0.493 e. The van der Waals surface area contributed by atoms with Crippen molar-refractivity contribution in [3.05, 3.63) is 35.7 Å². The number of hydrogen-bond donors (Lipinski definition) is 0. The van der Waals surface area contributed by atoms with Gasteiger partial charge < -0.3 is 4.74 Å². The van der Waals surface area contributed by atoms with Gasteiger partial charge in [-0.3, -0.25) is 0 Å². The van der Waals surface area contributed by atoms with Gasteiger partial charge in [-0.25, -0.2) is 0 Å². The summed E-state index contributed by atoms with van der Waals surface area (Å²) in [5.74, 6) is 1.60. The quantitative estimate of drug-likeness (QED) is 0.606. The molecule has 0 saturated heterocycles. The first-order chi connectivity index (χ1) is 9.76. The maximum absolute atomic E-state index is 5.71. The number of para-hydroxylation sites is 1. The highest BCUT2D eigenvalue weighted by Gasteiger charge is 2.06. The van der Waals surface area contributed by atoms with Crippen molar-refractivity contribution in [1.29, 1.82) is 0 Å². The molecule has 0 saturated carbocycles. The molecule has 0 radical (unpaired) electrons. The maximum atomic E-state index is 5.71. The van der Waals surface area contributed by atoms with Crippen LogP contribution in [0.5, 0.6) is 5.75 Å². The molecule has 2 aromatic rings. The smallest absolute Gasteiger partial charge is 0.211 e. The molecule has 0 amide bonds. The number of hydrogen-bond acceptors (Lipinski definition) is 5. The minimum Gasteiger partial charge on any atom is -0.493 e. The molecule has 20 heavy (non-hydrogen) atoms. The molecule has 2 rings (SSSR count). The van der Waals surface area contributed by atoms with Gasteiger partial charge in [-0.15, -0.1) is 10.2 Å². The van der Waals surface area contributed by atoms with Gasteiger partial charge in [-0.05, 0) is 31.7 Å². The molecule has 1 aromatic carbocycles. The van der Waals surface area contributed by atoms with E-state index in [1.165, 1.54) is 11.8 Å². The van der Waals surface area contributed by atoms with Crippen LogP contribution in [0.25, 0.3) is 0 Å². The molecule has 0 unspecified atom stereocenters. The summed E-state index contributed by atoms with van der Waals surface area (Å²) in [5.41, 5.74) is 0.945. The number of aryl methyl sites for hydroxylation is 1. The number of thioether (sulfide) groups is 1. The van der Waals surface area contributed by atoms with Gasteiger partial charge in [0.25, 0.3) is 0 Å². The van der Waals surface area contributed by atoms with Gasteiger partial charge in [-0.1, -0.05) is 30.8 Å². The fraction of sp³-hybridized carbons (Fsp3) is 0.357. The van der Waals surface area contributed by atoms with Gasteiger partial charge in [0.1, 0.15) is 5.75 Å². The zero-order valence-corrected chi connectivity index (χ0v) is 12.7. The number of aromatic nitrogens is 3. The standard InChI is InChI=1S/C14H18N4OS/c1-4-9-19-13-8-6-5-7-12(13)10-15-18-11(2)16-17-14(18)20-3/h5-8,10H,4,9H2,1-3H3/b15-10-. The number of ether oxygens (including phenoxy) is 1. The Kier molecular flexibility index (Phi) is 5.17. The summed E-state index contributed by atoms with van der Waals surface area (Å²) >= 11 is 1.51. The molecule has 0 N–H and O–H groups in total. The first-order valence-corrected chi connectivity index (χ1v) is 7.71. The average molecular weight is 290 g/mol. The summed E-state index contributed by atoms with van der Waals surface area (Å²) in [7, 11) is 0. The van der Waals surface area contributed by atoms with Crippen LogP contribution in [-0.2, 0) is 0 Å². The Balaban J connectivity index is 2.24. The molecule has 0 aliphatic carbocycles. The fourth-order valence-electron chi connectivity index (χ4n) is 1.65. The zero-order valence-electron chi connectivity index (χ0n) is 11.9. The number of rotatable bonds is 6. The van der Waals surface area contributed by atoms with Gasteiger partial charge in [0.2, 0.25) is 5.16 Å². The average Bonchev–Trinajstić information content (AvgIpc) is 2.84. The lowest BCUT2D eigenvalue weighted by atomic mass is 10.2. The van der Waals surface area contributed by atoms with E-state index < -0.39 is 0 Å². The Bertz CT molecular complexity index is 595. The van der Waals surface area contributed by atoms with Crippen molar-refractivity contribution in [2.45, 2.75) is 25.4 Å². The normalized spacial score (nSPS) is 11.2. The van der Waals surface area contributed by atoms with Crippen LogP contribution < -0.4 is 4.74 Å². The fourth-order valence-corrected chi connectivity index (χ4v) is 2.12. The van der Waals surface area contributed by atoms with Crippen LogP contribution in [0, 0.1) is 6.92 Å². The summed E-state index contributed by atoms with van der Waals surface area (Å²) in [4.78, 5) is 0. The minimum atomic E-state index is 0.701. The first kappa shape index (κ1) is 14.6. The Hall–Kier alpha value is -1.82. The van der Waals surface area contributed by atoms with Crippen LogP contribution in [0.4, 0.5) is 0 Å². The lowest BCUT2D eigenvalue weighted by Gasteiger charge is -2.07. The molecule has 6 heteroatoms. The van der Waals surface area contributed by atoms with E-state index in [0.29, 0.717) is 6.61 Å². The van der Waals surface area contributed by atoms with Crippen molar-refractivity contribution in [2.75, 3.05) is 12.9 Å². The van der Waals surface area contributed by atoms with E-state index in [4.69, 9.17) is 4.74 Å². The molecule has 0 atom stereocenters. The molecule has 0 aliphatic rings. The van der Waals surface area contributed by atoms with Crippen LogP contribution >= 0.6 is 11.8 Å². The van der Waals surface area contributed by atoms with Crippen molar-refractivity contribution in [2.24, 2.45) is 5.10 Å². The second-order valence-electron chi connectivity index (χ2n) is 4.18. The third-order valence-electron chi connectivity index (χ3n) is 2.64. The summed E-state index contributed by atoms with van der Waals surface area (Å²) in [5, 5.41) is 13.3. The zero-order chi connectivity index (χ0) is 14.4. The number of nitrogens with zero attached hydrogens (tertiary/aromatic N) is 4. The van der Waals surface area contributed by atoms with Gasteiger partial charge in [-0.2, -0.15) is 9.78 Å². The minimum absolute atomic E-state index is 0.701. The summed E-state index contributed by atoms with van der Waals surface area (Å²) < 4.78 is 7.43. The SMILES string of the molecule is CCCOc1ccccc1/C=N\n1c(C)nnc1SC. The van der Waals surface area contributed by atoms with E-state index in [-0.39, 0.29) is 0 Å². The predicted octanol–water partition coefficient (Wildman–Crippen LogP) is 2.98. The molecule has 1 heterocycles. The Morgan fingerprint density at radius 2 is 2.15 bits per heavy atom. The molecule has 106 valence electrons. The topological polar surface area (TPSA) is 52.3 Å². The van der Waals surface area contributed by atoms with Gasteiger partial charge in [0.05, 0.1) is 12.8 Å². The third-order valence-corrected chi connectivity index (χ3v) is 3.26. The lowest BCUT2D eigenvalue weighted by molar-refractivity contribution is 0.317. The van der Waals surface area contributed by atoms with Crippen LogP contribution in [-0.4, -0.2) is 34.0 Å². The van der Waals surface area contributed by atoms with E-state index in [2.05, 4.69) is 22.2 Å². The first-order valence-electron chi connectivity index (χ1n) is 6.48. The molecule has 0 fully saturated rings. The van der Waals surface area contributed by atoms with Crippen molar-refractivity contribution < 1.29 is 4.74 Å². The van der Waals surface area contributed by atoms with E-state index in [1.54, 1.807) is 10.9 Å². The third kappa shape index (κ3) is 3.39. The van der Waals surface area contributed by atoms with Crippen LogP contribution in [0.15, 0.2) is 34.5 Å². The van der Waals surface area contributed by atoms with E-state index in [0.717, 1.165) is 28.7 Å². The molecular weight excluding hydrogens is 272 g/mol.